The zero-order chi connectivity index (χ0) is 14.1. The second-order valence-electron chi connectivity index (χ2n) is 5.54. The molecule has 1 atom stereocenters. The monoisotopic (exact) mass is 285 g/mol. The summed E-state index contributed by atoms with van der Waals surface area (Å²) in [4.78, 5) is 10.00. The molecular weight excluding hydrogens is 266 g/mol. The number of nitrogens with one attached hydrogen (secondary N) is 1. The van der Waals surface area contributed by atoms with Crippen LogP contribution < -0.4 is 9.47 Å². The van der Waals surface area contributed by atoms with Crippen molar-refractivity contribution in [2.45, 2.75) is 25.4 Å². The van der Waals surface area contributed by atoms with Gasteiger partial charge in [0.05, 0.1) is 6.54 Å². The topological polar surface area (TPSA) is 50.4 Å². The van der Waals surface area contributed by atoms with Crippen LogP contribution in [0.4, 0.5) is 0 Å². The van der Waals surface area contributed by atoms with Crippen LogP contribution in [0.25, 0.3) is 0 Å². The van der Waals surface area contributed by atoms with E-state index in [1.807, 2.05) is 18.5 Å². The number of rotatable bonds is 3. The summed E-state index contributed by atoms with van der Waals surface area (Å²) in [6.07, 6.45) is 6.04. The fourth-order valence-corrected chi connectivity index (χ4v) is 3.30. The van der Waals surface area contributed by atoms with E-state index in [-0.39, 0.29) is 0 Å². The summed E-state index contributed by atoms with van der Waals surface area (Å²) in [5.74, 6) is 2.83. The highest BCUT2D eigenvalue weighted by molar-refractivity contribution is 5.49. The molecule has 0 radical (unpaired) electrons. The number of hydrogen-bond acceptors (Lipinski definition) is 4. The van der Waals surface area contributed by atoms with E-state index >= 15 is 0 Å². The van der Waals surface area contributed by atoms with E-state index in [0.29, 0.717) is 19.3 Å². The Morgan fingerprint density at radius 2 is 2.24 bits per heavy atom. The molecule has 1 aromatic heterocycles. The minimum atomic E-state index is 0.381. The van der Waals surface area contributed by atoms with Gasteiger partial charge in [-0.15, -0.1) is 0 Å². The van der Waals surface area contributed by atoms with E-state index in [1.165, 1.54) is 12.0 Å². The molecule has 21 heavy (non-hydrogen) atoms. The van der Waals surface area contributed by atoms with Gasteiger partial charge in [-0.05, 0) is 25.5 Å². The van der Waals surface area contributed by atoms with Gasteiger partial charge in [0.15, 0.2) is 11.5 Å². The normalized spacial score (nSPS) is 21.6. The number of aromatic nitrogens is 2. The zero-order valence-corrected chi connectivity index (χ0v) is 11.9. The molecule has 5 heteroatoms. The lowest BCUT2D eigenvalue weighted by Crippen LogP contribution is -2.25. The fraction of sp³-hybridized carbons (Fsp3) is 0.438. The molecule has 0 spiro atoms. The number of ether oxygens (including phenoxy) is 2. The number of para-hydroxylation sites is 1. The number of hydrogen-bond donors (Lipinski definition) is 1. The third-order valence-electron chi connectivity index (χ3n) is 4.23. The van der Waals surface area contributed by atoms with Crippen LogP contribution in [-0.4, -0.2) is 34.6 Å². The van der Waals surface area contributed by atoms with Crippen molar-refractivity contribution in [1.82, 2.24) is 14.9 Å². The molecular formula is C16H19N3O2. The number of H-pyrrole nitrogens is 1. The molecule has 5 nitrogen and oxygen atoms in total. The molecule has 2 aliphatic rings. The molecule has 4 rings (SSSR count). The van der Waals surface area contributed by atoms with Gasteiger partial charge in [0, 0.05) is 24.0 Å². The Morgan fingerprint density at radius 3 is 3.14 bits per heavy atom. The quantitative estimate of drug-likeness (QED) is 0.941. The van der Waals surface area contributed by atoms with Gasteiger partial charge in [0.25, 0.3) is 0 Å². The first-order valence-corrected chi connectivity index (χ1v) is 7.52. The average molecular weight is 285 g/mol. The smallest absolute Gasteiger partial charge is 0.166 e. The van der Waals surface area contributed by atoms with Crippen molar-refractivity contribution in [2.24, 2.45) is 0 Å². The maximum Gasteiger partial charge on any atom is 0.166 e. The van der Waals surface area contributed by atoms with Gasteiger partial charge < -0.3 is 14.5 Å². The summed E-state index contributed by atoms with van der Waals surface area (Å²) in [6.45, 7) is 3.21. The second kappa shape index (κ2) is 5.41. The van der Waals surface area contributed by atoms with Gasteiger partial charge in [0.2, 0.25) is 0 Å². The zero-order valence-electron chi connectivity index (χ0n) is 11.9. The van der Waals surface area contributed by atoms with Crippen molar-refractivity contribution in [2.75, 3.05) is 19.8 Å². The number of benzene rings is 1. The molecule has 0 bridgehead atoms. The predicted molar refractivity (Wildman–Crippen MR) is 78.4 cm³/mol. The molecule has 1 saturated heterocycles. The Hall–Kier alpha value is -2.01. The SMILES string of the molecule is c1cc2c(c(C3CCCN3Cc3ncc[nH]3)c1)OCCO2. The number of aromatic amines is 1. The standard InChI is InChI=1S/C16H19N3O2/c1-3-12(16-14(5-1)20-9-10-21-16)13-4-2-8-19(13)11-15-17-6-7-18-15/h1,3,5-7,13H,2,4,8-11H2,(H,17,18). The van der Waals surface area contributed by atoms with Crippen LogP contribution >= 0.6 is 0 Å². The number of imidazole rings is 1. The Kier molecular flexibility index (Phi) is 3.27. The summed E-state index contributed by atoms with van der Waals surface area (Å²) in [5.41, 5.74) is 1.25. The summed E-state index contributed by atoms with van der Waals surface area (Å²) in [6, 6.07) is 6.60. The summed E-state index contributed by atoms with van der Waals surface area (Å²) in [7, 11) is 0. The van der Waals surface area contributed by atoms with Crippen LogP contribution in [0.5, 0.6) is 11.5 Å². The third-order valence-corrected chi connectivity index (χ3v) is 4.23. The van der Waals surface area contributed by atoms with Gasteiger partial charge >= 0.3 is 0 Å². The highest BCUT2D eigenvalue weighted by atomic mass is 16.6. The Bertz CT molecular complexity index is 612. The fourth-order valence-electron chi connectivity index (χ4n) is 3.30. The number of nitrogens with zero attached hydrogens (tertiary/aromatic N) is 2. The van der Waals surface area contributed by atoms with Crippen molar-refractivity contribution in [3.63, 3.8) is 0 Å². The van der Waals surface area contributed by atoms with Crippen molar-refractivity contribution in [3.05, 3.63) is 42.0 Å². The van der Waals surface area contributed by atoms with Gasteiger partial charge in [-0.1, -0.05) is 12.1 Å². The van der Waals surface area contributed by atoms with Crippen LogP contribution in [0.3, 0.4) is 0 Å². The van der Waals surface area contributed by atoms with Gasteiger partial charge in [-0.25, -0.2) is 4.98 Å². The highest BCUT2D eigenvalue weighted by Crippen LogP contribution is 2.42. The molecule has 3 heterocycles. The van der Waals surface area contributed by atoms with E-state index in [9.17, 15) is 0 Å². The van der Waals surface area contributed by atoms with Crippen LogP contribution in [0.15, 0.2) is 30.6 Å². The summed E-state index contributed by atoms with van der Waals surface area (Å²) < 4.78 is 11.6. The van der Waals surface area contributed by atoms with E-state index in [0.717, 1.165) is 36.8 Å². The lowest BCUT2D eigenvalue weighted by Gasteiger charge is -2.28. The van der Waals surface area contributed by atoms with E-state index in [1.54, 1.807) is 0 Å². The largest absolute Gasteiger partial charge is 0.486 e. The van der Waals surface area contributed by atoms with Crippen molar-refractivity contribution >= 4 is 0 Å². The van der Waals surface area contributed by atoms with E-state index in [4.69, 9.17) is 9.47 Å². The average Bonchev–Trinajstić information content (AvgIpc) is 3.19. The molecule has 1 aromatic carbocycles. The lowest BCUT2D eigenvalue weighted by molar-refractivity contribution is 0.163. The molecule has 1 fully saturated rings. The first kappa shape index (κ1) is 12.7. The Labute approximate surface area is 123 Å². The Balaban J connectivity index is 1.62. The molecule has 0 aliphatic carbocycles. The third kappa shape index (κ3) is 2.38. The lowest BCUT2D eigenvalue weighted by atomic mass is 10.0. The maximum absolute atomic E-state index is 5.88. The van der Waals surface area contributed by atoms with E-state index < -0.39 is 0 Å². The first-order valence-electron chi connectivity index (χ1n) is 7.52. The second-order valence-corrected chi connectivity index (χ2v) is 5.54. The van der Waals surface area contributed by atoms with Gasteiger partial charge in [-0.2, -0.15) is 0 Å². The Morgan fingerprint density at radius 1 is 1.29 bits per heavy atom. The van der Waals surface area contributed by atoms with Crippen LogP contribution in [-0.2, 0) is 6.54 Å². The molecule has 1 unspecified atom stereocenters. The first-order chi connectivity index (χ1) is 10.4. The van der Waals surface area contributed by atoms with Gasteiger partial charge in [-0.3, -0.25) is 4.90 Å². The van der Waals surface area contributed by atoms with Crippen molar-refractivity contribution in [1.29, 1.82) is 0 Å². The minimum absolute atomic E-state index is 0.381. The summed E-state index contributed by atoms with van der Waals surface area (Å²) >= 11 is 0. The van der Waals surface area contributed by atoms with Crippen molar-refractivity contribution in [3.8, 4) is 11.5 Å². The van der Waals surface area contributed by atoms with E-state index in [2.05, 4.69) is 27.0 Å². The van der Waals surface area contributed by atoms with Crippen LogP contribution in [0, 0.1) is 0 Å². The van der Waals surface area contributed by atoms with Crippen molar-refractivity contribution < 1.29 is 9.47 Å². The van der Waals surface area contributed by atoms with Gasteiger partial charge in [0.1, 0.15) is 19.0 Å². The highest BCUT2D eigenvalue weighted by Gasteiger charge is 2.30. The number of likely N-dealkylation sites (tertiary alicyclic amines) is 1. The molecule has 110 valence electrons. The van der Waals surface area contributed by atoms with Crippen LogP contribution in [0.1, 0.15) is 30.3 Å². The van der Waals surface area contributed by atoms with Crippen LogP contribution in [0.2, 0.25) is 0 Å². The maximum atomic E-state index is 5.88. The molecule has 0 saturated carbocycles. The summed E-state index contributed by atoms with van der Waals surface area (Å²) in [5, 5.41) is 0. The predicted octanol–water partition coefficient (Wildman–Crippen LogP) is 2.52. The molecule has 1 N–H and O–H groups in total. The molecule has 2 aliphatic heterocycles. The molecule has 0 amide bonds. The minimum Gasteiger partial charge on any atom is -0.486 e. The number of fused-ring (bicyclic) bond motifs is 1. The molecule has 2 aromatic rings.